The Morgan fingerprint density at radius 2 is 2.11 bits per heavy atom. The fourth-order valence-electron chi connectivity index (χ4n) is 1.46. The van der Waals surface area contributed by atoms with Crippen LogP contribution in [0.1, 0.15) is 23.7 Å². The molecule has 0 saturated carbocycles. The van der Waals surface area contributed by atoms with Crippen molar-refractivity contribution in [1.29, 1.82) is 0 Å². The Kier molecular flexibility index (Phi) is 5.95. The normalized spacial score (nSPS) is 10.1. The van der Waals surface area contributed by atoms with Crippen molar-refractivity contribution in [3.63, 3.8) is 0 Å². The maximum absolute atomic E-state index is 12.9. The first-order valence-electron chi connectivity index (χ1n) is 5.81. The molecule has 104 valence electrons. The van der Waals surface area contributed by atoms with Gasteiger partial charge in [-0.05, 0) is 41.1 Å². The molecule has 0 aliphatic carbocycles. The number of rotatable bonds is 5. The lowest BCUT2D eigenvalue weighted by molar-refractivity contribution is -0.143. The third-order valence-corrected chi connectivity index (χ3v) is 3.12. The van der Waals surface area contributed by atoms with Crippen molar-refractivity contribution in [3.05, 3.63) is 34.1 Å². The van der Waals surface area contributed by atoms with Crippen LogP contribution >= 0.6 is 15.9 Å². The fraction of sp³-hybridized carbons (Fsp3) is 0.385. The van der Waals surface area contributed by atoms with Crippen molar-refractivity contribution in [2.45, 2.75) is 13.3 Å². The highest BCUT2D eigenvalue weighted by atomic mass is 79.9. The Morgan fingerprint density at radius 3 is 2.68 bits per heavy atom. The molecule has 0 fully saturated rings. The smallest absolute Gasteiger partial charge is 0.307 e. The number of hydrogen-bond donors (Lipinski definition) is 0. The predicted molar refractivity (Wildman–Crippen MR) is 72.3 cm³/mol. The summed E-state index contributed by atoms with van der Waals surface area (Å²) in [7, 11) is 1.58. The van der Waals surface area contributed by atoms with Gasteiger partial charge in [0, 0.05) is 18.1 Å². The minimum absolute atomic E-state index is 0.134. The molecule has 0 aliphatic heterocycles. The van der Waals surface area contributed by atoms with Crippen LogP contribution in [0.5, 0.6) is 0 Å². The van der Waals surface area contributed by atoms with Gasteiger partial charge in [-0.3, -0.25) is 9.59 Å². The van der Waals surface area contributed by atoms with Gasteiger partial charge in [0.25, 0.3) is 5.91 Å². The van der Waals surface area contributed by atoms with Crippen molar-refractivity contribution in [1.82, 2.24) is 4.90 Å². The average Bonchev–Trinajstić information content (AvgIpc) is 2.35. The lowest BCUT2D eigenvalue weighted by atomic mass is 10.2. The number of benzene rings is 1. The monoisotopic (exact) mass is 331 g/mol. The number of esters is 1. The lowest BCUT2D eigenvalue weighted by Crippen LogP contribution is -2.29. The summed E-state index contributed by atoms with van der Waals surface area (Å²) in [6, 6.07) is 3.85. The predicted octanol–water partition coefficient (Wildman–Crippen LogP) is 2.61. The maximum atomic E-state index is 12.9. The molecule has 1 aromatic carbocycles. The molecule has 0 saturated heterocycles. The summed E-state index contributed by atoms with van der Waals surface area (Å²) in [6.45, 7) is 2.30. The van der Waals surface area contributed by atoms with Gasteiger partial charge < -0.3 is 9.64 Å². The summed E-state index contributed by atoms with van der Waals surface area (Å²) < 4.78 is 18.1. The van der Waals surface area contributed by atoms with Crippen LogP contribution in [0, 0.1) is 5.82 Å². The van der Waals surface area contributed by atoms with Gasteiger partial charge in [-0.1, -0.05) is 0 Å². The van der Waals surface area contributed by atoms with E-state index in [0.29, 0.717) is 16.6 Å². The first kappa shape index (κ1) is 15.6. The first-order valence-corrected chi connectivity index (χ1v) is 6.61. The zero-order valence-corrected chi connectivity index (χ0v) is 12.4. The highest BCUT2D eigenvalue weighted by Gasteiger charge is 2.16. The number of carbonyl (C=O) groups excluding carboxylic acids is 2. The first-order chi connectivity index (χ1) is 8.95. The zero-order valence-electron chi connectivity index (χ0n) is 10.8. The van der Waals surface area contributed by atoms with Crippen LogP contribution in [-0.2, 0) is 9.53 Å². The number of amides is 1. The summed E-state index contributed by atoms with van der Waals surface area (Å²) in [5, 5.41) is 0. The van der Waals surface area contributed by atoms with Crippen molar-refractivity contribution >= 4 is 27.8 Å². The molecule has 0 radical (unpaired) electrons. The number of carbonyl (C=O) groups is 2. The van der Waals surface area contributed by atoms with Gasteiger partial charge >= 0.3 is 5.97 Å². The fourth-order valence-corrected chi connectivity index (χ4v) is 1.98. The molecule has 0 N–H and O–H groups in total. The molecular weight excluding hydrogens is 317 g/mol. The van der Waals surface area contributed by atoms with E-state index in [1.807, 2.05) is 0 Å². The van der Waals surface area contributed by atoms with E-state index in [4.69, 9.17) is 4.74 Å². The van der Waals surface area contributed by atoms with Gasteiger partial charge in [-0.25, -0.2) is 4.39 Å². The Bertz CT molecular complexity index is 479. The quantitative estimate of drug-likeness (QED) is 0.779. The summed E-state index contributed by atoms with van der Waals surface area (Å²) in [6.07, 6.45) is 0.134. The highest BCUT2D eigenvalue weighted by molar-refractivity contribution is 9.10. The Morgan fingerprint density at radius 1 is 1.42 bits per heavy atom. The van der Waals surface area contributed by atoms with E-state index in [0.717, 1.165) is 0 Å². The van der Waals surface area contributed by atoms with Crippen LogP contribution in [0.15, 0.2) is 22.7 Å². The number of hydrogen-bond acceptors (Lipinski definition) is 3. The second-order valence-corrected chi connectivity index (χ2v) is 4.76. The van der Waals surface area contributed by atoms with Gasteiger partial charge in [0.1, 0.15) is 5.82 Å². The lowest BCUT2D eigenvalue weighted by Gasteiger charge is -2.17. The van der Waals surface area contributed by atoms with Crippen LogP contribution in [0.2, 0.25) is 0 Å². The molecule has 0 bridgehead atoms. The highest BCUT2D eigenvalue weighted by Crippen LogP contribution is 2.19. The molecule has 0 atom stereocenters. The van der Waals surface area contributed by atoms with Crippen molar-refractivity contribution in [2.24, 2.45) is 0 Å². The van der Waals surface area contributed by atoms with E-state index in [1.165, 1.54) is 23.1 Å². The Labute approximate surface area is 119 Å². The van der Waals surface area contributed by atoms with E-state index in [-0.39, 0.29) is 24.8 Å². The third kappa shape index (κ3) is 4.63. The van der Waals surface area contributed by atoms with Crippen molar-refractivity contribution < 1.29 is 18.7 Å². The Hall–Kier alpha value is -1.43. The molecule has 1 aromatic rings. The molecule has 0 aliphatic rings. The van der Waals surface area contributed by atoms with E-state index >= 15 is 0 Å². The largest absolute Gasteiger partial charge is 0.466 e. The van der Waals surface area contributed by atoms with E-state index < -0.39 is 5.82 Å². The van der Waals surface area contributed by atoms with E-state index in [9.17, 15) is 14.0 Å². The van der Waals surface area contributed by atoms with Gasteiger partial charge in [0.05, 0.1) is 18.6 Å². The van der Waals surface area contributed by atoms with Gasteiger partial charge in [-0.15, -0.1) is 0 Å². The van der Waals surface area contributed by atoms with Crippen LogP contribution in [0.3, 0.4) is 0 Å². The van der Waals surface area contributed by atoms with Crippen molar-refractivity contribution in [2.75, 3.05) is 20.2 Å². The summed E-state index contributed by atoms with van der Waals surface area (Å²) >= 11 is 3.14. The zero-order chi connectivity index (χ0) is 14.4. The van der Waals surface area contributed by atoms with Crippen LogP contribution in [0.4, 0.5) is 4.39 Å². The Balaban J connectivity index is 2.64. The molecule has 19 heavy (non-hydrogen) atoms. The number of halogens is 2. The molecule has 0 aromatic heterocycles. The van der Waals surface area contributed by atoms with Gasteiger partial charge in [0.15, 0.2) is 0 Å². The van der Waals surface area contributed by atoms with Gasteiger partial charge in [-0.2, -0.15) is 0 Å². The summed E-state index contributed by atoms with van der Waals surface area (Å²) in [5.74, 6) is -1.05. The number of ether oxygens (including phenoxy) is 1. The molecule has 0 spiro atoms. The molecule has 0 heterocycles. The maximum Gasteiger partial charge on any atom is 0.307 e. The topological polar surface area (TPSA) is 46.6 Å². The average molecular weight is 332 g/mol. The van der Waals surface area contributed by atoms with E-state index in [2.05, 4.69) is 15.9 Å². The molecule has 0 unspecified atom stereocenters. The minimum atomic E-state index is -0.419. The SMILES string of the molecule is CCOC(=O)CCN(C)C(=O)c1ccc(F)cc1Br. The summed E-state index contributed by atoms with van der Waals surface area (Å²) in [5.41, 5.74) is 0.354. The molecule has 6 heteroatoms. The van der Waals surface area contributed by atoms with E-state index in [1.54, 1.807) is 14.0 Å². The van der Waals surface area contributed by atoms with Crippen LogP contribution in [-0.4, -0.2) is 37.0 Å². The third-order valence-electron chi connectivity index (χ3n) is 2.46. The van der Waals surface area contributed by atoms with Crippen LogP contribution in [0.25, 0.3) is 0 Å². The number of nitrogens with zero attached hydrogens (tertiary/aromatic N) is 1. The second-order valence-electron chi connectivity index (χ2n) is 3.91. The second kappa shape index (κ2) is 7.23. The van der Waals surface area contributed by atoms with Crippen LogP contribution < -0.4 is 0 Å². The molecule has 4 nitrogen and oxygen atoms in total. The van der Waals surface area contributed by atoms with Gasteiger partial charge in [0.2, 0.25) is 0 Å². The molecule has 1 rings (SSSR count). The molecular formula is C13H15BrFNO3. The standard InChI is InChI=1S/C13H15BrFNO3/c1-3-19-12(17)6-7-16(2)13(18)10-5-4-9(15)8-11(10)14/h4-5,8H,3,6-7H2,1-2H3. The molecule has 1 amide bonds. The minimum Gasteiger partial charge on any atom is -0.466 e. The summed E-state index contributed by atoms with van der Waals surface area (Å²) in [4.78, 5) is 24.7. The van der Waals surface area contributed by atoms with Crippen molar-refractivity contribution in [3.8, 4) is 0 Å².